The number of nitrogens with one attached hydrogen (secondary N) is 2. The maximum absolute atomic E-state index is 11.8. The second kappa shape index (κ2) is 6.84. The molecule has 0 aliphatic heterocycles. The van der Waals surface area contributed by atoms with Crippen molar-refractivity contribution in [3.8, 4) is 0 Å². The Morgan fingerprint density at radius 3 is 2.79 bits per heavy atom. The van der Waals surface area contributed by atoms with Crippen molar-refractivity contribution in [3.05, 3.63) is 0 Å². The van der Waals surface area contributed by atoms with Gasteiger partial charge in [0, 0.05) is 17.8 Å². The SMILES string of the molecule is CCSC1CCCC(NC(=O)NCC2(O)CCC2)C1. The summed E-state index contributed by atoms with van der Waals surface area (Å²) in [5, 5.41) is 16.5. The van der Waals surface area contributed by atoms with Crippen molar-refractivity contribution in [2.75, 3.05) is 12.3 Å². The first-order valence-corrected chi connectivity index (χ1v) is 8.54. The Kier molecular flexibility index (Phi) is 5.39. The van der Waals surface area contributed by atoms with Gasteiger partial charge in [-0.05, 0) is 44.3 Å². The normalized spacial score (nSPS) is 29.4. The summed E-state index contributed by atoms with van der Waals surface area (Å²) in [4.78, 5) is 11.8. The van der Waals surface area contributed by atoms with Crippen LogP contribution in [0.15, 0.2) is 0 Å². The van der Waals surface area contributed by atoms with Gasteiger partial charge in [-0.3, -0.25) is 0 Å². The Morgan fingerprint density at radius 1 is 1.37 bits per heavy atom. The van der Waals surface area contributed by atoms with Crippen LogP contribution >= 0.6 is 11.8 Å². The van der Waals surface area contributed by atoms with E-state index in [2.05, 4.69) is 17.6 Å². The molecule has 0 saturated heterocycles. The van der Waals surface area contributed by atoms with Crippen LogP contribution in [0.25, 0.3) is 0 Å². The van der Waals surface area contributed by atoms with Crippen LogP contribution in [0.3, 0.4) is 0 Å². The number of urea groups is 1. The van der Waals surface area contributed by atoms with E-state index < -0.39 is 5.60 Å². The average molecular weight is 286 g/mol. The molecule has 19 heavy (non-hydrogen) atoms. The molecule has 2 aliphatic carbocycles. The van der Waals surface area contributed by atoms with Gasteiger partial charge in [0.2, 0.25) is 0 Å². The number of rotatable bonds is 5. The van der Waals surface area contributed by atoms with Crippen LogP contribution in [0.4, 0.5) is 4.79 Å². The highest BCUT2D eigenvalue weighted by Crippen LogP contribution is 2.31. The monoisotopic (exact) mass is 286 g/mol. The third kappa shape index (κ3) is 4.56. The number of hydrogen-bond acceptors (Lipinski definition) is 3. The summed E-state index contributed by atoms with van der Waals surface area (Å²) in [5.41, 5.74) is -0.634. The van der Waals surface area contributed by atoms with Crippen LogP contribution in [0.1, 0.15) is 51.9 Å². The van der Waals surface area contributed by atoms with Gasteiger partial charge in [-0.1, -0.05) is 13.3 Å². The van der Waals surface area contributed by atoms with E-state index in [4.69, 9.17) is 0 Å². The quantitative estimate of drug-likeness (QED) is 0.726. The van der Waals surface area contributed by atoms with Gasteiger partial charge >= 0.3 is 6.03 Å². The lowest BCUT2D eigenvalue weighted by molar-refractivity contribution is -0.0290. The molecule has 3 N–H and O–H groups in total. The Labute approximate surface area is 120 Å². The molecule has 2 atom stereocenters. The first kappa shape index (κ1) is 15.0. The van der Waals surface area contributed by atoms with Crippen LogP contribution in [-0.2, 0) is 0 Å². The summed E-state index contributed by atoms with van der Waals surface area (Å²) >= 11 is 2.00. The molecule has 2 saturated carbocycles. The van der Waals surface area contributed by atoms with Gasteiger partial charge in [0.25, 0.3) is 0 Å². The van der Waals surface area contributed by atoms with Gasteiger partial charge in [-0.15, -0.1) is 0 Å². The first-order chi connectivity index (χ1) is 9.11. The van der Waals surface area contributed by atoms with E-state index in [-0.39, 0.29) is 6.03 Å². The number of amides is 2. The van der Waals surface area contributed by atoms with E-state index >= 15 is 0 Å². The highest BCUT2D eigenvalue weighted by Gasteiger charge is 2.34. The molecule has 2 unspecified atom stereocenters. The molecule has 110 valence electrons. The van der Waals surface area contributed by atoms with Crippen LogP contribution in [0.2, 0.25) is 0 Å². The van der Waals surface area contributed by atoms with E-state index in [1.165, 1.54) is 12.8 Å². The van der Waals surface area contributed by atoms with Crippen molar-refractivity contribution >= 4 is 17.8 Å². The minimum atomic E-state index is -0.634. The van der Waals surface area contributed by atoms with Gasteiger partial charge in [-0.25, -0.2) is 4.79 Å². The number of hydrogen-bond donors (Lipinski definition) is 3. The zero-order valence-electron chi connectivity index (χ0n) is 11.8. The number of thioether (sulfide) groups is 1. The highest BCUT2D eigenvalue weighted by atomic mass is 32.2. The lowest BCUT2D eigenvalue weighted by Gasteiger charge is -2.37. The lowest BCUT2D eigenvalue weighted by Crippen LogP contribution is -2.52. The fraction of sp³-hybridized carbons (Fsp3) is 0.929. The van der Waals surface area contributed by atoms with Crippen molar-refractivity contribution < 1.29 is 9.90 Å². The molecule has 2 aliphatic rings. The predicted octanol–water partition coefficient (Wildman–Crippen LogP) is 2.26. The molecule has 2 fully saturated rings. The van der Waals surface area contributed by atoms with Crippen molar-refractivity contribution in [1.82, 2.24) is 10.6 Å². The number of aliphatic hydroxyl groups is 1. The standard InChI is InChI=1S/C14H26N2O2S/c1-2-19-12-6-3-5-11(9-12)16-13(17)15-10-14(18)7-4-8-14/h11-12,18H,2-10H2,1H3,(H2,15,16,17). The van der Waals surface area contributed by atoms with E-state index in [0.29, 0.717) is 17.8 Å². The lowest BCUT2D eigenvalue weighted by atomic mass is 9.80. The minimum absolute atomic E-state index is 0.118. The summed E-state index contributed by atoms with van der Waals surface area (Å²) in [5.74, 6) is 1.15. The highest BCUT2D eigenvalue weighted by molar-refractivity contribution is 7.99. The maximum atomic E-state index is 11.8. The molecule has 0 aromatic heterocycles. The molecule has 0 spiro atoms. The average Bonchev–Trinajstić information content (AvgIpc) is 2.35. The molecule has 0 aromatic rings. The smallest absolute Gasteiger partial charge is 0.315 e. The van der Waals surface area contributed by atoms with Crippen LogP contribution < -0.4 is 10.6 Å². The van der Waals surface area contributed by atoms with Gasteiger partial charge in [0.1, 0.15) is 0 Å². The zero-order chi connectivity index (χ0) is 13.7. The van der Waals surface area contributed by atoms with E-state index in [0.717, 1.165) is 37.9 Å². The molecule has 4 nitrogen and oxygen atoms in total. The summed E-state index contributed by atoms with van der Waals surface area (Å²) in [6, 6.07) is 0.182. The Morgan fingerprint density at radius 2 is 2.16 bits per heavy atom. The summed E-state index contributed by atoms with van der Waals surface area (Å²) in [6.45, 7) is 2.58. The van der Waals surface area contributed by atoms with Crippen molar-refractivity contribution in [2.45, 2.75) is 68.8 Å². The zero-order valence-corrected chi connectivity index (χ0v) is 12.6. The van der Waals surface area contributed by atoms with Gasteiger partial charge in [-0.2, -0.15) is 11.8 Å². The molecule has 0 bridgehead atoms. The van der Waals surface area contributed by atoms with Gasteiger partial charge < -0.3 is 15.7 Å². The molecule has 2 amide bonds. The minimum Gasteiger partial charge on any atom is -0.388 e. The van der Waals surface area contributed by atoms with Gasteiger partial charge in [0.05, 0.1) is 5.60 Å². The van der Waals surface area contributed by atoms with E-state index in [1.807, 2.05) is 11.8 Å². The molecule has 5 heteroatoms. The van der Waals surface area contributed by atoms with Crippen molar-refractivity contribution in [3.63, 3.8) is 0 Å². The number of carbonyl (C=O) groups is 1. The largest absolute Gasteiger partial charge is 0.388 e. The third-order valence-electron chi connectivity index (χ3n) is 4.23. The third-order valence-corrected chi connectivity index (χ3v) is 5.46. The van der Waals surface area contributed by atoms with E-state index in [1.54, 1.807) is 0 Å². The summed E-state index contributed by atoms with van der Waals surface area (Å²) < 4.78 is 0. The fourth-order valence-corrected chi connectivity index (χ4v) is 4.08. The number of carbonyl (C=O) groups excluding carboxylic acids is 1. The predicted molar refractivity (Wildman–Crippen MR) is 79.5 cm³/mol. The second-order valence-electron chi connectivity index (χ2n) is 5.85. The van der Waals surface area contributed by atoms with E-state index in [9.17, 15) is 9.90 Å². The molecular formula is C14H26N2O2S. The summed E-state index contributed by atoms with van der Waals surface area (Å²) in [6.07, 6.45) is 7.33. The molecular weight excluding hydrogens is 260 g/mol. The maximum Gasteiger partial charge on any atom is 0.315 e. The Hall–Kier alpha value is -0.420. The Balaban J connectivity index is 1.66. The Bertz CT molecular complexity index is 306. The fourth-order valence-electron chi connectivity index (χ4n) is 2.91. The van der Waals surface area contributed by atoms with Crippen molar-refractivity contribution in [1.29, 1.82) is 0 Å². The van der Waals surface area contributed by atoms with Gasteiger partial charge in [0.15, 0.2) is 0 Å². The molecule has 0 radical (unpaired) electrons. The van der Waals surface area contributed by atoms with Crippen LogP contribution in [0.5, 0.6) is 0 Å². The molecule has 0 heterocycles. The second-order valence-corrected chi connectivity index (χ2v) is 7.42. The topological polar surface area (TPSA) is 61.4 Å². The molecule has 2 rings (SSSR count). The molecule has 0 aromatic carbocycles. The first-order valence-electron chi connectivity index (χ1n) is 7.50. The van der Waals surface area contributed by atoms with Crippen LogP contribution in [0, 0.1) is 0 Å². The summed E-state index contributed by atoms with van der Waals surface area (Å²) in [7, 11) is 0. The van der Waals surface area contributed by atoms with Crippen LogP contribution in [-0.4, -0.2) is 40.3 Å². The van der Waals surface area contributed by atoms with Crippen molar-refractivity contribution in [2.24, 2.45) is 0 Å².